The smallest absolute Gasteiger partial charge is 0.382 e. The molecule has 1 heterocycles. The molecule has 1 aromatic heterocycles. The third-order valence-corrected chi connectivity index (χ3v) is 5.76. The number of likely N-dealkylation sites (N-methyl/N-ethyl adjacent to an activating group) is 1. The van der Waals surface area contributed by atoms with Crippen LogP contribution in [0.3, 0.4) is 0 Å². The molecule has 0 bridgehead atoms. The van der Waals surface area contributed by atoms with E-state index < -0.39 is 11.7 Å². The van der Waals surface area contributed by atoms with Gasteiger partial charge in [-0.15, -0.1) is 0 Å². The first-order valence-corrected chi connectivity index (χ1v) is 13.9. The maximum absolute atomic E-state index is 13.0. The second-order valence-corrected chi connectivity index (χ2v) is 8.98. The highest BCUT2D eigenvalue weighted by atomic mass is 19.4. The number of aryl methyl sites for hydroxylation is 1. The van der Waals surface area contributed by atoms with Gasteiger partial charge in [-0.1, -0.05) is 73.3 Å². The van der Waals surface area contributed by atoms with Crippen molar-refractivity contribution in [3.63, 3.8) is 0 Å². The molecule has 3 nitrogen and oxygen atoms in total. The molecule has 1 atom stereocenters. The molecule has 0 aliphatic rings. The summed E-state index contributed by atoms with van der Waals surface area (Å²) in [7, 11) is 1.91. The Bertz CT molecular complexity index is 892. The molecule has 2 aromatic rings. The Morgan fingerprint density at radius 3 is 2.24 bits per heavy atom. The number of benzene rings is 1. The van der Waals surface area contributed by atoms with Gasteiger partial charge in [0.05, 0.1) is 5.56 Å². The summed E-state index contributed by atoms with van der Waals surface area (Å²) in [6, 6.07) is 6.33. The lowest BCUT2D eigenvalue weighted by molar-refractivity contribution is -0.137. The first-order valence-electron chi connectivity index (χ1n) is 13.9. The highest BCUT2D eigenvalue weighted by molar-refractivity contribution is 5.67. The normalized spacial score (nSPS) is 12.1. The predicted molar refractivity (Wildman–Crippen MR) is 154 cm³/mol. The van der Waals surface area contributed by atoms with E-state index in [1.165, 1.54) is 31.7 Å². The van der Waals surface area contributed by atoms with Crippen LogP contribution in [0.25, 0.3) is 5.70 Å². The zero-order chi connectivity index (χ0) is 28.3. The molecule has 2 rings (SSSR count). The maximum atomic E-state index is 13.0. The fourth-order valence-electron chi connectivity index (χ4n) is 3.80. The summed E-state index contributed by atoms with van der Waals surface area (Å²) in [5.74, 6) is 0. The van der Waals surface area contributed by atoms with Gasteiger partial charge < -0.3 is 10.6 Å². The van der Waals surface area contributed by atoms with Crippen LogP contribution >= 0.6 is 0 Å². The number of aromatic nitrogens is 1. The second-order valence-electron chi connectivity index (χ2n) is 8.98. The number of rotatable bonds is 12. The summed E-state index contributed by atoms with van der Waals surface area (Å²) in [6.45, 7) is 15.1. The highest BCUT2D eigenvalue weighted by Gasteiger charge is 2.30. The minimum atomic E-state index is -4.33. The number of nitrogens with zero attached hydrogens (tertiary/aromatic N) is 1. The molecular formula is C31H50F3N3. The van der Waals surface area contributed by atoms with E-state index in [9.17, 15) is 13.2 Å². The van der Waals surface area contributed by atoms with Gasteiger partial charge in [-0.3, -0.25) is 4.98 Å². The molecule has 1 unspecified atom stereocenters. The third-order valence-electron chi connectivity index (χ3n) is 5.76. The van der Waals surface area contributed by atoms with Gasteiger partial charge in [0.1, 0.15) is 0 Å². The molecule has 2 N–H and O–H groups in total. The average molecular weight is 522 g/mol. The van der Waals surface area contributed by atoms with Crippen LogP contribution in [0.5, 0.6) is 0 Å². The Hall–Kier alpha value is -2.34. The van der Waals surface area contributed by atoms with Crippen LogP contribution < -0.4 is 10.6 Å². The fraction of sp³-hybridized carbons (Fsp3) is 0.581. The van der Waals surface area contributed by atoms with Crippen molar-refractivity contribution in [1.29, 1.82) is 0 Å². The number of hydrogen-bond donors (Lipinski definition) is 2. The molecule has 0 saturated heterocycles. The van der Waals surface area contributed by atoms with Crippen LogP contribution in [0, 0.1) is 6.92 Å². The van der Waals surface area contributed by atoms with E-state index in [0.717, 1.165) is 47.8 Å². The topological polar surface area (TPSA) is 37.0 Å². The molecule has 0 amide bonds. The molecular weight excluding hydrogens is 471 g/mol. The average Bonchev–Trinajstić information content (AvgIpc) is 2.88. The van der Waals surface area contributed by atoms with Gasteiger partial charge in [0, 0.05) is 36.2 Å². The number of pyridine rings is 1. The zero-order valence-corrected chi connectivity index (χ0v) is 24.4. The van der Waals surface area contributed by atoms with Crippen molar-refractivity contribution in [1.82, 2.24) is 15.6 Å². The highest BCUT2D eigenvalue weighted by Crippen LogP contribution is 2.31. The quantitative estimate of drug-likeness (QED) is 0.274. The van der Waals surface area contributed by atoms with E-state index in [1.807, 2.05) is 33.2 Å². The Labute approximate surface area is 224 Å². The number of nitrogens with one attached hydrogen (secondary N) is 2. The lowest BCUT2D eigenvalue weighted by Gasteiger charge is -2.23. The summed E-state index contributed by atoms with van der Waals surface area (Å²) in [6.07, 6.45) is 8.92. The van der Waals surface area contributed by atoms with Gasteiger partial charge >= 0.3 is 6.18 Å². The Morgan fingerprint density at radius 2 is 1.70 bits per heavy atom. The molecule has 1 aromatic carbocycles. The van der Waals surface area contributed by atoms with Crippen molar-refractivity contribution in [3.8, 4) is 0 Å². The zero-order valence-electron chi connectivity index (χ0n) is 24.4. The van der Waals surface area contributed by atoms with Crippen LogP contribution in [0.2, 0.25) is 0 Å². The molecule has 0 aliphatic heterocycles. The van der Waals surface area contributed by atoms with Crippen LogP contribution in [-0.4, -0.2) is 24.6 Å². The van der Waals surface area contributed by atoms with Gasteiger partial charge in [-0.25, -0.2) is 0 Å². The summed E-state index contributed by atoms with van der Waals surface area (Å²) < 4.78 is 39.1. The molecule has 210 valence electrons. The fourth-order valence-corrected chi connectivity index (χ4v) is 3.80. The van der Waals surface area contributed by atoms with Gasteiger partial charge in [0.25, 0.3) is 0 Å². The van der Waals surface area contributed by atoms with Gasteiger partial charge in [-0.05, 0) is 74.2 Å². The number of unbranched alkanes of at least 4 members (excludes halogenated alkanes) is 2. The first kappa shape index (κ1) is 34.7. The summed E-state index contributed by atoms with van der Waals surface area (Å²) in [5.41, 5.74) is 3.98. The molecule has 0 radical (unpaired) electrons. The second kappa shape index (κ2) is 19.7. The molecule has 0 fully saturated rings. The van der Waals surface area contributed by atoms with Crippen LogP contribution in [0.4, 0.5) is 13.2 Å². The first-order chi connectivity index (χ1) is 17.7. The summed E-state index contributed by atoms with van der Waals surface area (Å²) in [4.78, 5) is 4.30. The van der Waals surface area contributed by atoms with E-state index in [2.05, 4.69) is 49.4 Å². The van der Waals surface area contributed by atoms with E-state index in [1.54, 1.807) is 19.2 Å². The number of alkyl halides is 3. The van der Waals surface area contributed by atoms with Crippen LogP contribution in [0.15, 0.2) is 42.7 Å². The minimum Gasteiger partial charge on any atom is -0.382 e. The van der Waals surface area contributed by atoms with E-state index >= 15 is 0 Å². The van der Waals surface area contributed by atoms with Crippen molar-refractivity contribution in [2.24, 2.45) is 0 Å². The largest absolute Gasteiger partial charge is 0.416 e. The molecule has 0 spiro atoms. The van der Waals surface area contributed by atoms with Crippen molar-refractivity contribution < 1.29 is 13.2 Å². The molecule has 0 aliphatic carbocycles. The summed E-state index contributed by atoms with van der Waals surface area (Å²) in [5, 5.41) is 6.90. The van der Waals surface area contributed by atoms with Gasteiger partial charge in [0.2, 0.25) is 0 Å². The van der Waals surface area contributed by atoms with Crippen LogP contribution in [0.1, 0.15) is 108 Å². The third kappa shape index (κ3) is 13.1. The Balaban J connectivity index is 0.00000241. The molecule has 37 heavy (non-hydrogen) atoms. The van der Waals surface area contributed by atoms with Gasteiger partial charge in [-0.2, -0.15) is 13.2 Å². The lowest BCUT2D eigenvalue weighted by atomic mass is 9.95. The Morgan fingerprint density at radius 1 is 1.03 bits per heavy atom. The van der Waals surface area contributed by atoms with E-state index in [-0.39, 0.29) is 0 Å². The van der Waals surface area contributed by atoms with Gasteiger partial charge in [0.15, 0.2) is 0 Å². The minimum absolute atomic E-state index is 0.374. The predicted octanol–water partition coefficient (Wildman–Crippen LogP) is 8.95. The SMILES string of the molecule is CC.CCC.CCCCCC(CC)N/C(=C/CNC)c1ccncc1Cc1ccc(C(F)(F)F)cc1C. The van der Waals surface area contributed by atoms with E-state index in [0.29, 0.717) is 18.0 Å². The Kier molecular flexibility index (Phi) is 18.5. The standard InChI is InChI=1S/C26H36F3N3.C3H8.C2H6/c1-5-7-8-9-23(6-2)32-25(13-14-30-4)24-12-15-31-18-21(24)17-20-10-11-22(16-19(20)3)26(27,28)29;1-3-2;1-2/h10-13,15-16,18,23,30,32H,5-9,14,17H2,1-4H3;3H2,1-2H3;1-2H3/b25-13+;;. The van der Waals surface area contributed by atoms with Crippen molar-refractivity contribution in [2.45, 2.75) is 106 Å². The monoisotopic (exact) mass is 521 g/mol. The van der Waals surface area contributed by atoms with Crippen molar-refractivity contribution >= 4 is 5.70 Å². The number of hydrogen-bond acceptors (Lipinski definition) is 3. The maximum Gasteiger partial charge on any atom is 0.416 e. The van der Waals surface area contributed by atoms with E-state index in [4.69, 9.17) is 0 Å². The summed E-state index contributed by atoms with van der Waals surface area (Å²) >= 11 is 0. The van der Waals surface area contributed by atoms with Crippen molar-refractivity contribution in [3.05, 3.63) is 70.6 Å². The lowest BCUT2D eigenvalue weighted by Crippen LogP contribution is -2.28. The number of halogens is 3. The van der Waals surface area contributed by atoms with Crippen LogP contribution in [-0.2, 0) is 12.6 Å². The molecule has 6 heteroatoms. The van der Waals surface area contributed by atoms with Crippen molar-refractivity contribution in [2.75, 3.05) is 13.6 Å². The molecule has 0 saturated carbocycles.